The fourth-order valence-corrected chi connectivity index (χ4v) is 3.11. The summed E-state index contributed by atoms with van der Waals surface area (Å²) in [6.45, 7) is 4.12. The second kappa shape index (κ2) is 8.57. The minimum absolute atomic E-state index is 0.0147. The summed E-state index contributed by atoms with van der Waals surface area (Å²) in [5, 5.41) is 3.89. The predicted molar refractivity (Wildman–Crippen MR) is 92.7 cm³/mol. The van der Waals surface area contributed by atoms with Crippen molar-refractivity contribution in [3.63, 3.8) is 0 Å². The van der Waals surface area contributed by atoms with E-state index in [1.165, 1.54) is 6.42 Å². The Morgan fingerprint density at radius 3 is 2.50 bits per heavy atom. The number of piperidine rings is 1. The molecule has 0 bridgehead atoms. The fraction of sp³-hybridized carbons (Fsp3) is 0.556. The molecule has 1 heterocycles. The van der Waals surface area contributed by atoms with Gasteiger partial charge in [0.05, 0.1) is 20.4 Å². The van der Waals surface area contributed by atoms with Crippen LogP contribution >= 0.6 is 0 Å². The SMILES string of the molecule is COc1ccc(/C=N\OCC(=O)N2[C@@H](C)CCC[C@@H]2C)cc1OC. The molecule has 1 aromatic carbocycles. The molecule has 2 atom stereocenters. The zero-order valence-electron chi connectivity index (χ0n) is 14.8. The molecule has 0 N–H and O–H groups in total. The molecule has 1 amide bonds. The second-order valence-electron chi connectivity index (χ2n) is 6.05. The van der Waals surface area contributed by atoms with Crippen LogP contribution in [-0.4, -0.2) is 49.9 Å². The van der Waals surface area contributed by atoms with Crippen molar-refractivity contribution < 1.29 is 19.1 Å². The topological polar surface area (TPSA) is 60.4 Å². The second-order valence-corrected chi connectivity index (χ2v) is 6.05. The van der Waals surface area contributed by atoms with Crippen molar-refractivity contribution in [2.24, 2.45) is 5.16 Å². The Morgan fingerprint density at radius 2 is 1.88 bits per heavy atom. The highest BCUT2D eigenvalue weighted by atomic mass is 16.6. The molecule has 1 saturated heterocycles. The quantitative estimate of drug-likeness (QED) is 0.593. The molecular weight excluding hydrogens is 308 g/mol. The Balaban J connectivity index is 1.89. The number of carbonyl (C=O) groups is 1. The Morgan fingerprint density at radius 1 is 1.21 bits per heavy atom. The Bertz CT molecular complexity index is 578. The van der Waals surface area contributed by atoms with Gasteiger partial charge in [-0.1, -0.05) is 5.16 Å². The van der Waals surface area contributed by atoms with Crippen LogP contribution in [0.15, 0.2) is 23.4 Å². The minimum atomic E-state index is -0.0432. The van der Waals surface area contributed by atoms with Gasteiger partial charge in [0.25, 0.3) is 5.91 Å². The van der Waals surface area contributed by atoms with Crippen LogP contribution in [0.3, 0.4) is 0 Å². The molecule has 1 aliphatic rings. The molecule has 6 nitrogen and oxygen atoms in total. The minimum Gasteiger partial charge on any atom is -0.493 e. The normalized spacial score (nSPS) is 20.9. The molecule has 24 heavy (non-hydrogen) atoms. The first-order valence-electron chi connectivity index (χ1n) is 8.25. The maximum Gasteiger partial charge on any atom is 0.263 e. The van der Waals surface area contributed by atoms with Crippen LogP contribution in [0.5, 0.6) is 11.5 Å². The van der Waals surface area contributed by atoms with E-state index in [1.54, 1.807) is 32.6 Å². The molecule has 0 unspecified atom stereocenters. The van der Waals surface area contributed by atoms with Crippen LogP contribution in [0.1, 0.15) is 38.7 Å². The van der Waals surface area contributed by atoms with Gasteiger partial charge in [-0.15, -0.1) is 0 Å². The number of ether oxygens (including phenoxy) is 2. The zero-order valence-corrected chi connectivity index (χ0v) is 14.8. The van der Waals surface area contributed by atoms with E-state index in [-0.39, 0.29) is 24.6 Å². The summed E-state index contributed by atoms with van der Waals surface area (Å²) in [5.74, 6) is 1.26. The van der Waals surface area contributed by atoms with E-state index < -0.39 is 0 Å². The van der Waals surface area contributed by atoms with Gasteiger partial charge in [0.15, 0.2) is 18.1 Å². The van der Waals surface area contributed by atoms with Crippen molar-refractivity contribution >= 4 is 12.1 Å². The average Bonchev–Trinajstić information content (AvgIpc) is 2.58. The van der Waals surface area contributed by atoms with E-state index in [9.17, 15) is 4.79 Å². The average molecular weight is 334 g/mol. The van der Waals surface area contributed by atoms with Crippen molar-refractivity contribution in [1.29, 1.82) is 0 Å². The third-order valence-electron chi connectivity index (χ3n) is 4.35. The van der Waals surface area contributed by atoms with Gasteiger partial charge in [0.2, 0.25) is 0 Å². The summed E-state index contributed by atoms with van der Waals surface area (Å²) < 4.78 is 10.4. The van der Waals surface area contributed by atoms with Crippen LogP contribution in [0.25, 0.3) is 0 Å². The molecular formula is C18H26N2O4. The van der Waals surface area contributed by atoms with E-state index >= 15 is 0 Å². The molecule has 1 aromatic rings. The highest BCUT2D eigenvalue weighted by molar-refractivity contribution is 5.81. The third-order valence-corrected chi connectivity index (χ3v) is 4.35. The van der Waals surface area contributed by atoms with Gasteiger partial charge in [0, 0.05) is 17.6 Å². The number of carbonyl (C=O) groups excluding carboxylic acids is 1. The lowest BCUT2D eigenvalue weighted by Gasteiger charge is -2.38. The van der Waals surface area contributed by atoms with Crippen LogP contribution < -0.4 is 9.47 Å². The number of hydrogen-bond donors (Lipinski definition) is 0. The van der Waals surface area contributed by atoms with E-state index in [0.717, 1.165) is 18.4 Å². The van der Waals surface area contributed by atoms with Gasteiger partial charge < -0.3 is 19.2 Å². The van der Waals surface area contributed by atoms with Crippen LogP contribution in [0, 0.1) is 0 Å². The number of rotatable bonds is 6. The molecule has 0 radical (unpaired) electrons. The van der Waals surface area contributed by atoms with Crippen molar-refractivity contribution in [3.8, 4) is 11.5 Å². The summed E-state index contributed by atoms with van der Waals surface area (Å²) in [6, 6.07) is 5.95. The molecule has 132 valence electrons. The maximum absolute atomic E-state index is 12.3. The van der Waals surface area contributed by atoms with Gasteiger partial charge in [-0.05, 0) is 51.3 Å². The van der Waals surface area contributed by atoms with E-state index in [4.69, 9.17) is 14.3 Å². The third kappa shape index (κ3) is 4.40. The predicted octanol–water partition coefficient (Wildman–Crippen LogP) is 2.84. The summed E-state index contributed by atoms with van der Waals surface area (Å²) in [7, 11) is 3.16. The number of oxime groups is 1. The Kier molecular flexibility index (Phi) is 6.46. The van der Waals surface area contributed by atoms with Crippen LogP contribution in [-0.2, 0) is 9.63 Å². The molecule has 0 saturated carbocycles. The molecule has 0 spiro atoms. The highest BCUT2D eigenvalue weighted by Crippen LogP contribution is 2.27. The smallest absolute Gasteiger partial charge is 0.263 e. The van der Waals surface area contributed by atoms with Gasteiger partial charge in [-0.25, -0.2) is 0 Å². The summed E-state index contributed by atoms with van der Waals surface area (Å²) >= 11 is 0. The highest BCUT2D eigenvalue weighted by Gasteiger charge is 2.28. The van der Waals surface area contributed by atoms with Crippen LogP contribution in [0.4, 0.5) is 0 Å². The van der Waals surface area contributed by atoms with Crippen molar-refractivity contribution in [2.45, 2.75) is 45.2 Å². The number of hydrogen-bond acceptors (Lipinski definition) is 5. The fourth-order valence-electron chi connectivity index (χ4n) is 3.11. The lowest BCUT2D eigenvalue weighted by molar-refractivity contribution is -0.142. The molecule has 0 aliphatic carbocycles. The first-order chi connectivity index (χ1) is 11.6. The number of nitrogens with zero attached hydrogens (tertiary/aromatic N) is 2. The first-order valence-corrected chi connectivity index (χ1v) is 8.25. The largest absolute Gasteiger partial charge is 0.493 e. The Hall–Kier alpha value is -2.24. The summed E-state index contributed by atoms with van der Waals surface area (Å²) in [6.07, 6.45) is 4.82. The van der Waals surface area contributed by atoms with Gasteiger partial charge >= 0.3 is 0 Å². The van der Waals surface area contributed by atoms with Crippen molar-refractivity contribution in [3.05, 3.63) is 23.8 Å². The summed E-state index contributed by atoms with van der Waals surface area (Å²) in [5.41, 5.74) is 0.805. The number of benzene rings is 1. The molecule has 0 aromatic heterocycles. The maximum atomic E-state index is 12.3. The zero-order chi connectivity index (χ0) is 17.5. The summed E-state index contributed by atoms with van der Waals surface area (Å²) in [4.78, 5) is 19.4. The Labute approximate surface area is 143 Å². The van der Waals surface area contributed by atoms with Gasteiger partial charge in [-0.2, -0.15) is 0 Å². The first kappa shape index (κ1) is 18.1. The van der Waals surface area contributed by atoms with Crippen molar-refractivity contribution in [1.82, 2.24) is 4.90 Å². The number of likely N-dealkylation sites (tertiary alicyclic amines) is 1. The number of amides is 1. The molecule has 1 fully saturated rings. The standard InChI is InChI=1S/C18H26N2O4/c1-13-6-5-7-14(2)20(13)18(21)12-24-19-11-15-8-9-16(22-3)17(10-15)23-4/h8-11,13-14H,5-7,12H2,1-4H3/b19-11-/t13-,14-/m0/s1. The molecule has 2 rings (SSSR count). The molecule has 1 aliphatic heterocycles. The lowest BCUT2D eigenvalue weighted by atomic mass is 9.97. The molecule has 6 heteroatoms. The number of methoxy groups -OCH3 is 2. The van der Waals surface area contributed by atoms with E-state index in [1.807, 2.05) is 11.0 Å². The van der Waals surface area contributed by atoms with E-state index in [0.29, 0.717) is 11.5 Å². The van der Waals surface area contributed by atoms with Gasteiger partial charge in [-0.3, -0.25) is 4.79 Å². The lowest BCUT2D eigenvalue weighted by Crippen LogP contribution is -2.48. The van der Waals surface area contributed by atoms with Crippen molar-refractivity contribution in [2.75, 3.05) is 20.8 Å². The van der Waals surface area contributed by atoms with E-state index in [2.05, 4.69) is 19.0 Å². The van der Waals surface area contributed by atoms with Crippen LogP contribution in [0.2, 0.25) is 0 Å². The van der Waals surface area contributed by atoms with Gasteiger partial charge in [0.1, 0.15) is 0 Å². The monoisotopic (exact) mass is 334 g/mol.